The lowest BCUT2D eigenvalue weighted by Gasteiger charge is -2.19. The number of nitrogens with zero attached hydrogens (tertiary/aromatic N) is 2. The molecular weight excluding hydrogens is 412 g/mol. The molecule has 0 saturated carbocycles. The first-order chi connectivity index (χ1) is 16.3. The van der Waals surface area contributed by atoms with Crippen molar-refractivity contribution in [2.45, 2.75) is 98.8 Å². The molecule has 1 heterocycles. The van der Waals surface area contributed by atoms with Crippen LogP contribution in [-0.4, -0.2) is 9.97 Å². The van der Waals surface area contributed by atoms with E-state index in [0.717, 1.165) is 12.1 Å². The number of hydrogen-bond acceptors (Lipinski definition) is 2. The van der Waals surface area contributed by atoms with Crippen molar-refractivity contribution in [3.63, 3.8) is 0 Å². The lowest BCUT2D eigenvalue weighted by atomic mass is 9.87. The Bertz CT molecular complexity index is 1020. The summed E-state index contributed by atoms with van der Waals surface area (Å²) >= 11 is 0. The summed E-state index contributed by atoms with van der Waals surface area (Å²) in [6.07, 6.45) is 16.5. The molecule has 0 radical (unpaired) electrons. The molecular formula is C32H44N2. The molecule has 0 spiro atoms. The zero-order chi connectivity index (χ0) is 24.6. The Morgan fingerprint density at radius 1 is 1.03 bits per heavy atom. The average molecular weight is 457 g/mol. The SMILES string of the molecule is C=C(CCCCCC)CC(C)(C)C.Cc1ncnc2c1C(C1=CCCC1)=C(c1ccccc1)C2. The maximum Gasteiger partial charge on any atom is 0.115 e. The van der Waals surface area contributed by atoms with E-state index in [-0.39, 0.29) is 0 Å². The van der Waals surface area contributed by atoms with Gasteiger partial charge >= 0.3 is 0 Å². The van der Waals surface area contributed by atoms with Gasteiger partial charge in [0.2, 0.25) is 0 Å². The second-order valence-corrected chi connectivity index (χ2v) is 11.1. The highest BCUT2D eigenvalue weighted by Crippen LogP contribution is 2.45. The summed E-state index contributed by atoms with van der Waals surface area (Å²) in [5, 5.41) is 0. The van der Waals surface area contributed by atoms with Crippen LogP contribution in [0.3, 0.4) is 0 Å². The van der Waals surface area contributed by atoms with Gasteiger partial charge < -0.3 is 0 Å². The monoisotopic (exact) mass is 456 g/mol. The quantitative estimate of drug-likeness (QED) is 0.292. The van der Waals surface area contributed by atoms with Gasteiger partial charge in [0.15, 0.2) is 0 Å². The zero-order valence-corrected chi connectivity index (χ0v) is 22.2. The smallest absolute Gasteiger partial charge is 0.115 e. The summed E-state index contributed by atoms with van der Waals surface area (Å²) < 4.78 is 0. The minimum Gasteiger partial charge on any atom is -0.241 e. The second-order valence-electron chi connectivity index (χ2n) is 11.1. The van der Waals surface area contributed by atoms with E-state index in [1.54, 1.807) is 6.33 Å². The van der Waals surface area contributed by atoms with Crippen molar-refractivity contribution >= 4 is 11.1 Å². The molecule has 2 nitrogen and oxygen atoms in total. The predicted molar refractivity (Wildman–Crippen MR) is 148 cm³/mol. The van der Waals surface area contributed by atoms with Gasteiger partial charge in [-0.3, -0.25) is 0 Å². The van der Waals surface area contributed by atoms with E-state index in [0.29, 0.717) is 5.41 Å². The third-order valence-corrected chi connectivity index (χ3v) is 6.66. The van der Waals surface area contributed by atoms with Crippen LogP contribution in [0.15, 0.2) is 60.5 Å². The number of fused-ring (bicyclic) bond motifs is 1. The standard InChI is InChI=1S/C19H18N2.C13H26/c1-13-18-17(21-12-20-13)11-16(14-7-3-2-4-8-14)19(18)15-9-5-6-10-15;1-6-7-8-9-10-12(2)11-13(3,4)5/h2-4,7-9,12H,5-6,10-11H2,1H3;2,6-11H2,1,3-5H3. The first-order valence-corrected chi connectivity index (χ1v) is 13.3. The van der Waals surface area contributed by atoms with Gasteiger partial charge in [-0.05, 0) is 73.1 Å². The van der Waals surface area contributed by atoms with Crippen LogP contribution in [0.1, 0.15) is 108 Å². The van der Waals surface area contributed by atoms with Gasteiger partial charge in [0.1, 0.15) is 6.33 Å². The molecule has 0 amide bonds. The van der Waals surface area contributed by atoms with Gasteiger partial charge in [0, 0.05) is 17.7 Å². The minimum absolute atomic E-state index is 0.418. The molecule has 2 aromatic rings. The summed E-state index contributed by atoms with van der Waals surface area (Å²) in [5.41, 5.74) is 11.1. The molecule has 2 aliphatic rings. The number of benzene rings is 1. The van der Waals surface area contributed by atoms with E-state index in [1.807, 2.05) is 0 Å². The van der Waals surface area contributed by atoms with Gasteiger partial charge in [0.05, 0.1) is 5.69 Å². The van der Waals surface area contributed by atoms with Gasteiger partial charge in [-0.2, -0.15) is 0 Å². The van der Waals surface area contributed by atoms with Crippen LogP contribution >= 0.6 is 0 Å². The molecule has 0 saturated heterocycles. The van der Waals surface area contributed by atoms with Gasteiger partial charge in [0.25, 0.3) is 0 Å². The topological polar surface area (TPSA) is 25.8 Å². The van der Waals surface area contributed by atoms with Crippen molar-refractivity contribution in [2.24, 2.45) is 5.41 Å². The molecule has 34 heavy (non-hydrogen) atoms. The maximum absolute atomic E-state index is 4.54. The minimum atomic E-state index is 0.418. The third kappa shape index (κ3) is 7.26. The molecule has 4 rings (SSSR count). The molecule has 0 unspecified atom stereocenters. The highest BCUT2D eigenvalue weighted by atomic mass is 14.8. The Hall–Kier alpha value is -2.48. The fourth-order valence-electron chi connectivity index (χ4n) is 5.17. The number of hydrogen-bond donors (Lipinski definition) is 0. The molecule has 2 heteroatoms. The molecule has 1 aromatic heterocycles. The first kappa shape index (κ1) is 26.1. The second kappa shape index (κ2) is 12.3. The fourth-order valence-corrected chi connectivity index (χ4v) is 5.17. The molecule has 2 aliphatic carbocycles. The molecule has 0 N–H and O–H groups in total. The number of rotatable bonds is 8. The van der Waals surface area contributed by atoms with Crippen LogP contribution < -0.4 is 0 Å². The number of unbranched alkanes of at least 4 members (excludes halogenated alkanes) is 3. The average Bonchev–Trinajstić information content (AvgIpc) is 3.45. The van der Waals surface area contributed by atoms with Crippen LogP contribution in [0.25, 0.3) is 11.1 Å². The number of allylic oxidation sites excluding steroid dienone is 5. The van der Waals surface area contributed by atoms with Crippen molar-refractivity contribution in [3.05, 3.63) is 83.0 Å². The predicted octanol–water partition coefficient (Wildman–Crippen LogP) is 9.31. The van der Waals surface area contributed by atoms with Crippen molar-refractivity contribution in [3.8, 4) is 0 Å². The van der Waals surface area contributed by atoms with E-state index in [2.05, 4.69) is 87.6 Å². The van der Waals surface area contributed by atoms with Gasteiger partial charge in [-0.25, -0.2) is 9.97 Å². The zero-order valence-electron chi connectivity index (χ0n) is 22.2. The van der Waals surface area contributed by atoms with E-state index in [9.17, 15) is 0 Å². The summed E-state index contributed by atoms with van der Waals surface area (Å²) in [5.74, 6) is 0. The molecule has 0 fully saturated rings. The van der Waals surface area contributed by atoms with Gasteiger partial charge in [-0.15, -0.1) is 0 Å². The van der Waals surface area contributed by atoms with E-state index >= 15 is 0 Å². The van der Waals surface area contributed by atoms with Crippen LogP contribution in [0.2, 0.25) is 0 Å². The molecule has 1 aromatic carbocycles. The lowest BCUT2D eigenvalue weighted by molar-refractivity contribution is 0.403. The maximum atomic E-state index is 4.54. The number of aromatic nitrogens is 2. The Morgan fingerprint density at radius 3 is 2.44 bits per heavy atom. The van der Waals surface area contributed by atoms with Crippen molar-refractivity contribution in [1.82, 2.24) is 9.97 Å². The van der Waals surface area contributed by atoms with Gasteiger partial charge in [-0.1, -0.05) is 95.5 Å². The Morgan fingerprint density at radius 2 is 1.79 bits per heavy atom. The Labute approximate surface area is 208 Å². The van der Waals surface area contributed by atoms with Crippen LogP contribution in [0.5, 0.6) is 0 Å². The van der Waals surface area contributed by atoms with E-state index < -0.39 is 0 Å². The molecule has 182 valence electrons. The van der Waals surface area contributed by atoms with Crippen LogP contribution in [0, 0.1) is 12.3 Å². The Kier molecular flexibility index (Phi) is 9.45. The first-order valence-electron chi connectivity index (χ1n) is 13.3. The lowest BCUT2D eigenvalue weighted by Crippen LogP contribution is -2.05. The Balaban J connectivity index is 0.000000218. The molecule has 0 atom stereocenters. The largest absolute Gasteiger partial charge is 0.241 e. The summed E-state index contributed by atoms with van der Waals surface area (Å²) in [6.45, 7) is 15.3. The van der Waals surface area contributed by atoms with Crippen LogP contribution in [-0.2, 0) is 6.42 Å². The fraction of sp³-hybridized carbons (Fsp3) is 0.500. The third-order valence-electron chi connectivity index (χ3n) is 6.66. The summed E-state index contributed by atoms with van der Waals surface area (Å²) in [6, 6.07) is 10.7. The highest BCUT2D eigenvalue weighted by molar-refractivity contribution is 6.03. The van der Waals surface area contributed by atoms with Crippen LogP contribution in [0.4, 0.5) is 0 Å². The van der Waals surface area contributed by atoms with E-state index in [1.165, 1.54) is 96.9 Å². The summed E-state index contributed by atoms with van der Waals surface area (Å²) in [4.78, 5) is 8.97. The van der Waals surface area contributed by atoms with Crippen molar-refractivity contribution in [1.29, 1.82) is 0 Å². The highest BCUT2D eigenvalue weighted by Gasteiger charge is 2.28. The van der Waals surface area contributed by atoms with Crippen molar-refractivity contribution < 1.29 is 0 Å². The molecule has 0 aliphatic heterocycles. The van der Waals surface area contributed by atoms with E-state index in [4.69, 9.17) is 0 Å². The normalized spacial score (nSPS) is 15.0. The van der Waals surface area contributed by atoms with Crippen molar-refractivity contribution in [2.75, 3.05) is 0 Å². The number of aryl methyl sites for hydroxylation is 1. The summed E-state index contributed by atoms with van der Waals surface area (Å²) in [7, 11) is 0. The molecule has 0 bridgehead atoms.